The lowest BCUT2D eigenvalue weighted by Gasteiger charge is -2.41. The van der Waals surface area contributed by atoms with Crippen LogP contribution in [0.15, 0.2) is 0 Å². The van der Waals surface area contributed by atoms with Crippen LogP contribution in [0, 0.1) is 17.2 Å². The fourth-order valence-corrected chi connectivity index (χ4v) is 3.92. The van der Waals surface area contributed by atoms with E-state index in [0.717, 1.165) is 25.2 Å². The highest BCUT2D eigenvalue weighted by molar-refractivity contribution is 5.82. The first kappa shape index (κ1) is 13.9. The van der Waals surface area contributed by atoms with Crippen LogP contribution in [0.2, 0.25) is 0 Å². The van der Waals surface area contributed by atoms with Crippen LogP contribution in [0.25, 0.3) is 0 Å². The number of carbonyl (C=O) groups excluding carboxylic acids is 1. The van der Waals surface area contributed by atoms with Gasteiger partial charge in [0, 0.05) is 18.6 Å². The van der Waals surface area contributed by atoms with E-state index in [0.29, 0.717) is 25.0 Å². The van der Waals surface area contributed by atoms with E-state index in [1.165, 1.54) is 32.1 Å². The highest BCUT2D eigenvalue weighted by Gasteiger charge is 2.39. The summed E-state index contributed by atoms with van der Waals surface area (Å²) >= 11 is 0. The fraction of sp³-hybridized carbons (Fsp3) is 0.875. The van der Waals surface area contributed by atoms with E-state index in [2.05, 4.69) is 11.4 Å². The molecule has 4 nitrogen and oxygen atoms in total. The molecule has 3 fully saturated rings. The third-order valence-corrected chi connectivity index (χ3v) is 5.18. The van der Waals surface area contributed by atoms with Crippen LogP contribution in [0.3, 0.4) is 0 Å². The molecule has 3 aliphatic rings. The van der Waals surface area contributed by atoms with Gasteiger partial charge in [0.25, 0.3) is 0 Å². The van der Waals surface area contributed by atoms with Crippen molar-refractivity contribution in [1.29, 1.82) is 5.26 Å². The van der Waals surface area contributed by atoms with Gasteiger partial charge in [-0.25, -0.2) is 0 Å². The number of hydrogen-bond donors (Lipinski definition) is 1. The molecule has 0 spiro atoms. The van der Waals surface area contributed by atoms with Crippen LogP contribution in [0.4, 0.5) is 0 Å². The molecule has 0 aromatic heterocycles. The maximum atomic E-state index is 12.7. The number of nitrogens with one attached hydrogen (secondary N) is 1. The summed E-state index contributed by atoms with van der Waals surface area (Å²) in [6, 6.07) is 3.15. The monoisotopic (exact) mass is 275 g/mol. The zero-order valence-corrected chi connectivity index (χ0v) is 12.2. The quantitative estimate of drug-likeness (QED) is 0.855. The molecule has 0 bridgehead atoms. The Morgan fingerprint density at radius 1 is 1.15 bits per heavy atom. The molecule has 1 saturated heterocycles. The smallest absolute Gasteiger partial charge is 0.239 e. The predicted molar refractivity (Wildman–Crippen MR) is 76.9 cm³/mol. The van der Waals surface area contributed by atoms with Crippen LogP contribution < -0.4 is 5.32 Å². The highest BCUT2D eigenvalue weighted by atomic mass is 16.2. The number of amides is 1. The van der Waals surface area contributed by atoms with Gasteiger partial charge in [-0.15, -0.1) is 0 Å². The summed E-state index contributed by atoms with van der Waals surface area (Å²) in [6.07, 6.45) is 10.1. The molecule has 0 radical (unpaired) electrons. The third kappa shape index (κ3) is 2.98. The summed E-state index contributed by atoms with van der Waals surface area (Å²) in [7, 11) is 0. The van der Waals surface area contributed by atoms with E-state index in [9.17, 15) is 4.79 Å². The Morgan fingerprint density at radius 3 is 2.70 bits per heavy atom. The molecule has 0 aromatic rings. The van der Waals surface area contributed by atoms with E-state index in [4.69, 9.17) is 5.26 Å². The second-order valence-electron chi connectivity index (χ2n) is 6.62. The summed E-state index contributed by atoms with van der Waals surface area (Å²) < 4.78 is 0. The normalized spacial score (nSPS) is 33.0. The predicted octanol–water partition coefficient (Wildman–Crippen LogP) is 2.20. The average Bonchev–Trinajstić information content (AvgIpc) is 3.32. The van der Waals surface area contributed by atoms with Crippen molar-refractivity contribution in [2.24, 2.45) is 5.92 Å². The summed E-state index contributed by atoms with van der Waals surface area (Å²) in [5.74, 6) is 1.05. The zero-order valence-electron chi connectivity index (χ0n) is 12.2. The van der Waals surface area contributed by atoms with E-state index < -0.39 is 0 Å². The molecule has 20 heavy (non-hydrogen) atoms. The minimum absolute atomic E-state index is 0.00800. The molecule has 3 rings (SSSR count). The number of carbonyl (C=O) groups is 1. The molecule has 2 aliphatic carbocycles. The van der Waals surface area contributed by atoms with Crippen LogP contribution >= 0.6 is 0 Å². The van der Waals surface area contributed by atoms with Crippen molar-refractivity contribution in [1.82, 2.24) is 10.2 Å². The largest absolute Gasteiger partial charge is 0.337 e. The van der Waals surface area contributed by atoms with E-state index >= 15 is 0 Å². The first-order chi connectivity index (χ1) is 9.79. The first-order valence-electron chi connectivity index (χ1n) is 8.23. The molecule has 1 amide bonds. The van der Waals surface area contributed by atoms with Gasteiger partial charge in [-0.3, -0.25) is 4.79 Å². The molecule has 1 heterocycles. The molecule has 1 aliphatic heterocycles. The maximum Gasteiger partial charge on any atom is 0.239 e. The lowest BCUT2D eigenvalue weighted by Crippen LogP contribution is -2.56. The molecule has 3 atom stereocenters. The number of rotatable bonds is 4. The topological polar surface area (TPSA) is 56.1 Å². The Morgan fingerprint density at radius 2 is 1.95 bits per heavy atom. The van der Waals surface area contributed by atoms with E-state index in [1.807, 2.05) is 4.90 Å². The number of piperidine rings is 1. The Hall–Kier alpha value is -1.08. The molecule has 110 valence electrons. The Kier molecular flexibility index (Phi) is 4.26. The number of nitriles is 1. The highest BCUT2D eigenvalue weighted by Crippen LogP contribution is 2.34. The van der Waals surface area contributed by atoms with Gasteiger partial charge < -0.3 is 10.2 Å². The van der Waals surface area contributed by atoms with E-state index in [1.54, 1.807) is 0 Å². The lowest BCUT2D eigenvalue weighted by atomic mass is 9.77. The van der Waals surface area contributed by atoms with Crippen molar-refractivity contribution >= 4 is 5.91 Å². The van der Waals surface area contributed by atoms with Gasteiger partial charge in [-0.05, 0) is 44.4 Å². The number of hydrogen-bond acceptors (Lipinski definition) is 3. The average molecular weight is 275 g/mol. The molecule has 4 heteroatoms. The van der Waals surface area contributed by atoms with Gasteiger partial charge in [0.1, 0.15) is 0 Å². The van der Waals surface area contributed by atoms with Crippen LogP contribution in [-0.4, -0.2) is 35.5 Å². The van der Waals surface area contributed by atoms with Gasteiger partial charge in [-0.2, -0.15) is 5.26 Å². The molecular weight excluding hydrogens is 250 g/mol. The van der Waals surface area contributed by atoms with E-state index in [-0.39, 0.29) is 11.9 Å². The first-order valence-corrected chi connectivity index (χ1v) is 8.23. The SMILES string of the molecule is N#CCCN(C(=O)C1CCC2CCCCC2N1)C1CC1. The molecular formula is C16H25N3O. The van der Waals surface area contributed by atoms with Crippen molar-refractivity contribution in [3.8, 4) is 6.07 Å². The summed E-state index contributed by atoms with van der Waals surface area (Å²) in [5.41, 5.74) is 0. The Bertz CT molecular complexity index is 399. The van der Waals surface area contributed by atoms with Crippen molar-refractivity contribution in [3.05, 3.63) is 0 Å². The minimum Gasteiger partial charge on any atom is -0.337 e. The van der Waals surface area contributed by atoms with Crippen molar-refractivity contribution < 1.29 is 4.79 Å². The molecule has 2 saturated carbocycles. The van der Waals surface area contributed by atoms with Crippen LogP contribution in [0.1, 0.15) is 57.8 Å². The zero-order chi connectivity index (χ0) is 13.9. The second kappa shape index (κ2) is 6.13. The maximum absolute atomic E-state index is 12.7. The van der Waals surface area contributed by atoms with Crippen molar-refractivity contribution in [2.75, 3.05) is 6.54 Å². The summed E-state index contributed by atoms with van der Waals surface area (Å²) in [5, 5.41) is 12.4. The fourth-order valence-electron chi connectivity index (χ4n) is 3.92. The summed E-state index contributed by atoms with van der Waals surface area (Å²) in [4.78, 5) is 14.7. The minimum atomic E-state index is 0.00800. The Labute approximate surface area is 121 Å². The third-order valence-electron chi connectivity index (χ3n) is 5.18. The van der Waals surface area contributed by atoms with Gasteiger partial charge in [0.2, 0.25) is 5.91 Å². The van der Waals surface area contributed by atoms with Gasteiger partial charge in [-0.1, -0.05) is 12.8 Å². The molecule has 0 aromatic carbocycles. The second-order valence-corrected chi connectivity index (χ2v) is 6.62. The van der Waals surface area contributed by atoms with Crippen molar-refractivity contribution in [3.63, 3.8) is 0 Å². The van der Waals surface area contributed by atoms with Crippen LogP contribution in [0.5, 0.6) is 0 Å². The van der Waals surface area contributed by atoms with Gasteiger partial charge in [0.15, 0.2) is 0 Å². The van der Waals surface area contributed by atoms with Crippen LogP contribution in [-0.2, 0) is 4.79 Å². The Balaban J connectivity index is 1.59. The number of fused-ring (bicyclic) bond motifs is 1. The van der Waals surface area contributed by atoms with Gasteiger partial charge in [0.05, 0.1) is 18.5 Å². The van der Waals surface area contributed by atoms with Gasteiger partial charge >= 0.3 is 0 Å². The molecule has 3 unspecified atom stereocenters. The molecule has 1 N–H and O–H groups in total. The standard InChI is InChI=1S/C16H25N3O/c17-10-3-11-19(13-7-8-13)16(20)15-9-6-12-4-1-2-5-14(12)18-15/h12-15,18H,1-9,11H2. The lowest BCUT2D eigenvalue weighted by molar-refractivity contribution is -0.135. The summed E-state index contributed by atoms with van der Waals surface area (Å²) in [6.45, 7) is 0.617. The van der Waals surface area contributed by atoms with Crippen molar-refractivity contribution in [2.45, 2.75) is 75.9 Å². The number of nitrogens with zero attached hydrogens (tertiary/aromatic N) is 2.